The molecule has 6 heteroatoms. The number of halogens is 2. The molecule has 0 saturated heterocycles. The average Bonchev–Trinajstić information content (AvgIpc) is 3.18. The van der Waals surface area contributed by atoms with Gasteiger partial charge in [-0.2, -0.15) is 22.9 Å². The van der Waals surface area contributed by atoms with Gasteiger partial charge in [-0.3, -0.25) is 0 Å². The fourth-order valence-corrected chi connectivity index (χ4v) is 8.14. The van der Waals surface area contributed by atoms with Crippen LogP contribution in [-0.2, 0) is 31.6 Å². The summed E-state index contributed by atoms with van der Waals surface area (Å²) < 4.78 is 0. The van der Waals surface area contributed by atoms with Crippen LogP contribution in [0.3, 0.4) is 0 Å². The van der Waals surface area contributed by atoms with Crippen LogP contribution in [0, 0.1) is 23.7 Å². The van der Waals surface area contributed by atoms with Crippen LogP contribution in [0.5, 0.6) is 0 Å². The molecule has 36 heavy (non-hydrogen) atoms. The molecule has 2 aliphatic rings. The molecule has 4 rings (SSSR count). The third-order valence-electron chi connectivity index (χ3n) is 7.54. The molecule has 0 aliphatic heterocycles. The van der Waals surface area contributed by atoms with Crippen molar-refractivity contribution in [3.63, 3.8) is 0 Å². The molecule has 2 aromatic rings. The van der Waals surface area contributed by atoms with Gasteiger partial charge in [-0.15, -0.1) is 34.6 Å². The zero-order chi connectivity index (χ0) is 24.8. The van der Waals surface area contributed by atoms with E-state index in [4.69, 9.17) is 0 Å². The molecule has 0 saturated carbocycles. The molecule has 0 aromatic heterocycles. The third kappa shape index (κ3) is 6.72. The van der Waals surface area contributed by atoms with Gasteiger partial charge in [-0.1, -0.05) is 123 Å². The van der Waals surface area contributed by atoms with Crippen molar-refractivity contribution in [2.75, 3.05) is 0 Å². The van der Waals surface area contributed by atoms with Crippen LogP contribution in [0.1, 0.15) is 52.7 Å². The Morgan fingerprint density at radius 2 is 1.39 bits per heavy atom. The number of rotatable bonds is 4. The minimum absolute atomic E-state index is 0. The topological polar surface area (TPSA) is 0 Å². The molecule has 0 nitrogen and oxygen atoms in total. The van der Waals surface area contributed by atoms with Crippen molar-refractivity contribution in [1.29, 1.82) is 0 Å². The zero-order valence-electron chi connectivity index (χ0n) is 23.5. The van der Waals surface area contributed by atoms with E-state index in [1.807, 2.05) is 9.85 Å². The van der Waals surface area contributed by atoms with Crippen molar-refractivity contribution in [2.45, 2.75) is 66.6 Å². The smallest absolute Gasteiger partial charge is 1.00 e. The monoisotopic (exact) mass is 646 g/mol. The van der Waals surface area contributed by atoms with Gasteiger partial charge in [0.2, 0.25) is 0 Å². The van der Waals surface area contributed by atoms with E-state index in [-0.39, 0.29) is 61.8 Å². The Morgan fingerprint density at radius 3 is 1.92 bits per heavy atom. The molecule has 2 aromatic carbocycles. The predicted octanol–water partition coefficient (Wildman–Crippen LogP) is -2.17. The standard InChI is InChI=1S/C15H21Si2.C15H21Si.2ClH.Zr/c1-15(2)10-11-8-6-7-9-12(11)13(15)14(16)17(3,4)5;1-10(2)15(11(3)4)9-14(16)12-7-5-6-8-13(12)15;;;/h6-9H,16H2,1-5H3;5-11H,16H2,1-4H3;2*1H;/q2*-1;;;+4/p-2. The fraction of sp³-hybridized carbons (Fsp3) is 0.433. The van der Waals surface area contributed by atoms with E-state index >= 15 is 0 Å². The molecule has 0 amide bonds. The second-order valence-corrected chi connectivity index (χ2v) is 19.1. The summed E-state index contributed by atoms with van der Waals surface area (Å²) in [5.74, 6) is 1.30. The van der Waals surface area contributed by atoms with Crippen molar-refractivity contribution < 1.29 is 51.0 Å². The maximum Gasteiger partial charge on any atom is 4.00 e. The van der Waals surface area contributed by atoms with Crippen molar-refractivity contribution in [3.8, 4) is 0 Å². The maximum atomic E-state index is 3.65. The number of fused-ring (bicyclic) bond motifs is 2. The van der Waals surface area contributed by atoms with Gasteiger partial charge in [-0.05, 0) is 9.85 Å². The van der Waals surface area contributed by atoms with E-state index in [1.165, 1.54) is 32.3 Å². The molecule has 2 aliphatic carbocycles. The quantitative estimate of drug-likeness (QED) is 0.262. The second-order valence-electron chi connectivity index (χ2n) is 11.9. The van der Waals surface area contributed by atoms with Gasteiger partial charge in [0.15, 0.2) is 0 Å². The van der Waals surface area contributed by atoms with Gasteiger partial charge in [0.05, 0.1) is 8.07 Å². The van der Waals surface area contributed by atoms with E-state index in [2.05, 4.69) is 132 Å². The Morgan fingerprint density at radius 1 is 0.889 bits per heavy atom. The minimum atomic E-state index is -1.23. The first-order chi connectivity index (χ1) is 15.2. The van der Waals surface area contributed by atoms with Gasteiger partial charge in [0.1, 0.15) is 0 Å². The van der Waals surface area contributed by atoms with Crippen LogP contribution >= 0.6 is 0 Å². The van der Waals surface area contributed by atoms with Crippen LogP contribution in [-0.4, -0.2) is 37.7 Å². The summed E-state index contributed by atoms with van der Waals surface area (Å²) in [5.41, 5.74) is 4.84. The zero-order valence-corrected chi connectivity index (χ0v) is 31.3. The van der Waals surface area contributed by atoms with Crippen LogP contribution in [0.2, 0.25) is 19.6 Å². The van der Waals surface area contributed by atoms with E-state index in [0.717, 1.165) is 0 Å². The summed E-state index contributed by atoms with van der Waals surface area (Å²) >= 11 is 0. The second kappa shape index (κ2) is 13.3. The predicted molar refractivity (Wildman–Crippen MR) is 158 cm³/mol. The normalized spacial score (nSPS) is 16.2. The van der Waals surface area contributed by atoms with E-state index in [1.54, 1.807) is 4.79 Å². The van der Waals surface area contributed by atoms with Gasteiger partial charge in [0.25, 0.3) is 0 Å². The molecule has 192 valence electrons. The third-order valence-corrected chi connectivity index (χ3v) is 13.7. The molecular formula is C30H42Cl2Si3Zr. The van der Waals surface area contributed by atoms with Gasteiger partial charge >= 0.3 is 26.2 Å². The first kappa shape index (κ1) is 35.9. The van der Waals surface area contributed by atoms with E-state index in [0.29, 0.717) is 11.8 Å². The molecular weight excluding hydrogens is 607 g/mol. The molecule has 0 unspecified atom stereocenters. The first-order valence-corrected chi connectivity index (χ1v) is 17.2. The number of hydrogen-bond acceptors (Lipinski definition) is 0. The summed E-state index contributed by atoms with van der Waals surface area (Å²) in [4.78, 5) is 1.64. The Hall–Kier alpha value is -0.0962. The Bertz CT molecular complexity index is 1200. The van der Waals surface area contributed by atoms with Crippen molar-refractivity contribution in [1.82, 2.24) is 0 Å². The van der Waals surface area contributed by atoms with Crippen LogP contribution in [0.4, 0.5) is 0 Å². The van der Waals surface area contributed by atoms with Gasteiger partial charge in [0, 0.05) is 0 Å². The Balaban J connectivity index is 0.000000629. The SMILES string of the molecule is CC(C)C1(C(C)C)[CH-]C(=[SiH2])c2ccccc21.CC1(C)[C-]=c2ccccc2=C1C(=[SiH2])[Si](C)(C)C.[Cl-].[Cl-].[Zr+4]. The summed E-state index contributed by atoms with van der Waals surface area (Å²) in [6, 6.07) is 17.6. The van der Waals surface area contributed by atoms with Crippen LogP contribution < -0.4 is 35.3 Å². The molecule has 0 heterocycles. The summed E-state index contributed by atoms with van der Waals surface area (Å²) in [6.07, 6.45) is 6.15. The first-order valence-electron chi connectivity index (χ1n) is 12.3. The Labute approximate surface area is 258 Å². The number of benzene rings is 2. The Kier molecular flexibility index (Phi) is 13.3. The molecule has 0 N–H and O–H groups in total. The van der Waals surface area contributed by atoms with Gasteiger partial charge < -0.3 is 24.8 Å². The minimum Gasteiger partial charge on any atom is -1.00 e. The molecule has 0 bridgehead atoms. The molecule has 0 spiro atoms. The van der Waals surface area contributed by atoms with Crippen LogP contribution in [0.15, 0.2) is 48.5 Å². The van der Waals surface area contributed by atoms with E-state index in [9.17, 15) is 0 Å². The van der Waals surface area contributed by atoms with Crippen molar-refractivity contribution >= 4 is 49.4 Å². The van der Waals surface area contributed by atoms with Gasteiger partial charge in [-0.25, -0.2) is 11.6 Å². The van der Waals surface area contributed by atoms with Crippen molar-refractivity contribution in [3.05, 3.63) is 76.5 Å². The summed E-state index contributed by atoms with van der Waals surface area (Å²) in [5, 5.41) is 4.16. The largest absolute Gasteiger partial charge is 4.00 e. The van der Waals surface area contributed by atoms with E-state index < -0.39 is 8.07 Å². The van der Waals surface area contributed by atoms with Crippen molar-refractivity contribution in [2.24, 2.45) is 17.3 Å². The molecule has 0 radical (unpaired) electrons. The fourth-order valence-electron chi connectivity index (χ4n) is 5.67. The number of hydrogen-bond donors (Lipinski definition) is 0. The molecule has 0 fully saturated rings. The average molecular weight is 649 g/mol. The summed E-state index contributed by atoms with van der Waals surface area (Å²) in [6.45, 7) is 21.2. The summed E-state index contributed by atoms with van der Waals surface area (Å²) in [7, 11) is 2.89. The van der Waals surface area contributed by atoms with Crippen LogP contribution in [0.25, 0.3) is 11.6 Å². The maximum absolute atomic E-state index is 3.65. The molecule has 0 atom stereocenters.